The van der Waals surface area contributed by atoms with Crippen LogP contribution in [-0.4, -0.2) is 59.0 Å². The molecule has 194 valence electrons. The van der Waals surface area contributed by atoms with E-state index in [1.165, 1.54) is 77.4 Å². The van der Waals surface area contributed by atoms with Gasteiger partial charge in [-0.2, -0.15) is 0 Å². The second-order valence-electron chi connectivity index (χ2n) is 9.74. The maximum atomic E-state index is 12.9. The molecule has 0 aromatic heterocycles. The molecule has 3 amide bonds. The Morgan fingerprint density at radius 1 is 0.943 bits per heavy atom. The molecule has 2 heterocycles. The van der Waals surface area contributed by atoms with Crippen molar-refractivity contribution in [2.75, 3.05) is 25.4 Å². The number of rotatable bonds is 16. The fourth-order valence-electron chi connectivity index (χ4n) is 5.09. The summed E-state index contributed by atoms with van der Waals surface area (Å²) in [4.78, 5) is 42.0. The zero-order chi connectivity index (χ0) is 25.0. The van der Waals surface area contributed by atoms with Gasteiger partial charge in [0, 0.05) is 23.4 Å². The molecule has 7 heteroatoms. The number of carbonyl (C=O) groups excluding carboxylic acids is 3. The number of hydrogen-bond acceptors (Lipinski definition) is 5. The molecule has 0 saturated carbocycles. The van der Waals surface area contributed by atoms with Gasteiger partial charge in [-0.1, -0.05) is 64.9 Å². The standard InChI is InChI=1S/C28H43N3O3S/c1-3-30(4-2)19-12-10-8-6-5-7-9-11-13-20-35-25-16-14-15-22-23(25)21-31(28(22)34)24-17-18-26(32)29-27(24)33/h14-16,24H,3-13,17-21H2,1-2H3,(H,29,32,33). The number of thioether (sulfide) groups is 1. The highest BCUT2D eigenvalue weighted by Crippen LogP contribution is 2.34. The minimum absolute atomic E-state index is 0.0926. The second-order valence-corrected chi connectivity index (χ2v) is 10.9. The van der Waals surface area contributed by atoms with Gasteiger partial charge in [0.1, 0.15) is 6.04 Å². The van der Waals surface area contributed by atoms with Crippen molar-refractivity contribution in [3.63, 3.8) is 0 Å². The van der Waals surface area contributed by atoms with E-state index in [1.54, 1.807) is 4.90 Å². The van der Waals surface area contributed by atoms with Crippen LogP contribution in [0.25, 0.3) is 0 Å². The van der Waals surface area contributed by atoms with Crippen molar-refractivity contribution in [2.24, 2.45) is 0 Å². The molecule has 1 N–H and O–H groups in total. The summed E-state index contributed by atoms with van der Waals surface area (Å²) in [5.74, 6) is 0.354. The van der Waals surface area contributed by atoms with Crippen LogP contribution in [0.15, 0.2) is 23.1 Å². The van der Waals surface area contributed by atoms with Gasteiger partial charge in [0.05, 0.1) is 0 Å². The molecule has 1 saturated heterocycles. The lowest BCUT2D eigenvalue weighted by Gasteiger charge is -2.29. The maximum absolute atomic E-state index is 12.9. The van der Waals surface area contributed by atoms with Gasteiger partial charge >= 0.3 is 0 Å². The van der Waals surface area contributed by atoms with Gasteiger partial charge in [-0.25, -0.2) is 0 Å². The smallest absolute Gasteiger partial charge is 0.255 e. The van der Waals surface area contributed by atoms with E-state index < -0.39 is 6.04 Å². The Morgan fingerprint density at radius 2 is 1.60 bits per heavy atom. The summed E-state index contributed by atoms with van der Waals surface area (Å²) in [5.41, 5.74) is 1.74. The lowest BCUT2D eigenvalue weighted by Crippen LogP contribution is -2.52. The minimum atomic E-state index is -0.548. The number of hydrogen-bond donors (Lipinski definition) is 1. The number of nitrogens with zero attached hydrogens (tertiary/aromatic N) is 2. The highest BCUT2D eigenvalue weighted by Gasteiger charge is 2.39. The molecule has 2 aliphatic rings. The van der Waals surface area contributed by atoms with Crippen LogP contribution in [0.5, 0.6) is 0 Å². The van der Waals surface area contributed by atoms with Crippen molar-refractivity contribution in [1.82, 2.24) is 15.1 Å². The number of benzene rings is 1. The molecular formula is C28H43N3O3S. The molecule has 1 unspecified atom stereocenters. The van der Waals surface area contributed by atoms with Gasteiger partial charge in [0.25, 0.3) is 5.91 Å². The van der Waals surface area contributed by atoms with Crippen LogP contribution in [0.4, 0.5) is 0 Å². The average Bonchev–Trinajstić information content (AvgIpc) is 3.19. The van der Waals surface area contributed by atoms with E-state index in [0.717, 1.165) is 16.2 Å². The Hall–Kier alpha value is -1.86. The summed E-state index contributed by atoms with van der Waals surface area (Å²) in [6.45, 7) is 8.53. The summed E-state index contributed by atoms with van der Waals surface area (Å²) in [7, 11) is 0. The summed E-state index contributed by atoms with van der Waals surface area (Å²) < 4.78 is 0. The maximum Gasteiger partial charge on any atom is 0.255 e. The van der Waals surface area contributed by atoms with Gasteiger partial charge in [-0.3, -0.25) is 19.7 Å². The minimum Gasteiger partial charge on any atom is -0.322 e. The molecule has 1 atom stereocenters. The quantitative estimate of drug-likeness (QED) is 0.187. The van der Waals surface area contributed by atoms with Crippen molar-refractivity contribution in [3.05, 3.63) is 29.3 Å². The number of fused-ring (bicyclic) bond motifs is 1. The van der Waals surface area contributed by atoms with E-state index in [0.29, 0.717) is 18.5 Å². The molecule has 1 fully saturated rings. The molecule has 0 aliphatic carbocycles. The number of unbranched alkanes of at least 4 members (excludes halogenated alkanes) is 8. The number of nitrogens with one attached hydrogen (secondary N) is 1. The Morgan fingerprint density at radius 3 is 2.26 bits per heavy atom. The SMILES string of the molecule is CCN(CC)CCCCCCCCCCCSc1cccc2c1CN(C1CCC(=O)NC1=O)C2=O. The molecule has 2 aliphatic heterocycles. The van der Waals surface area contributed by atoms with Gasteiger partial charge in [-0.05, 0) is 62.3 Å². The van der Waals surface area contributed by atoms with E-state index in [9.17, 15) is 14.4 Å². The number of carbonyl (C=O) groups is 3. The fraction of sp³-hybridized carbons (Fsp3) is 0.679. The predicted molar refractivity (Wildman–Crippen MR) is 143 cm³/mol. The first kappa shape index (κ1) is 27.7. The largest absolute Gasteiger partial charge is 0.322 e. The molecule has 1 aromatic carbocycles. The molecule has 0 bridgehead atoms. The van der Waals surface area contributed by atoms with E-state index in [-0.39, 0.29) is 24.1 Å². The molecule has 6 nitrogen and oxygen atoms in total. The van der Waals surface area contributed by atoms with Gasteiger partial charge in [0.15, 0.2) is 0 Å². The van der Waals surface area contributed by atoms with E-state index in [2.05, 4.69) is 30.1 Å². The van der Waals surface area contributed by atoms with Gasteiger partial charge < -0.3 is 9.80 Å². The topological polar surface area (TPSA) is 69.7 Å². The molecule has 3 rings (SSSR count). The van der Waals surface area contributed by atoms with Crippen LogP contribution >= 0.6 is 11.8 Å². The van der Waals surface area contributed by atoms with Crippen LogP contribution in [0.1, 0.15) is 100 Å². The van der Waals surface area contributed by atoms with Crippen LogP contribution < -0.4 is 5.32 Å². The van der Waals surface area contributed by atoms with Crippen LogP contribution in [0.2, 0.25) is 0 Å². The Labute approximate surface area is 215 Å². The zero-order valence-corrected chi connectivity index (χ0v) is 22.5. The lowest BCUT2D eigenvalue weighted by molar-refractivity contribution is -0.136. The van der Waals surface area contributed by atoms with Crippen molar-refractivity contribution in [2.45, 2.75) is 102 Å². The fourth-order valence-corrected chi connectivity index (χ4v) is 6.18. The monoisotopic (exact) mass is 501 g/mol. The second kappa shape index (κ2) is 14.6. The number of amides is 3. The molecule has 35 heavy (non-hydrogen) atoms. The van der Waals surface area contributed by atoms with Crippen LogP contribution in [0.3, 0.4) is 0 Å². The summed E-state index contributed by atoms with van der Waals surface area (Å²) in [6, 6.07) is 5.34. The Kier molecular flexibility index (Phi) is 11.6. The van der Waals surface area contributed by atoms with Crippen LogP contribution in [-0.2, 0) is 16.1 Å². The lowest BCUT2D eigenvalue weighted by atomic mass is 10.0. The van der Waals surface area contributed by atoms with E-state index in [4.69, 9.17) is 0 Å². The van der Waals surface area contributed by atoms with Crippen LogP contribution in [0, 0.1) is 0 Å². The number of imide groups is 1. The summed E-state index contributed by atoms with van der Waals surface area (Å²) >= 11 is 1.82. The zero-order valence-electron chi connectivity index (χ0n) is 21.7. The first-order valence-electron chi connectivity index (χ1n) is 13.7. The Bertz CT molecular complexity index is 856. The first-order chi connectivity index (χ1) is 17.0. The third-order valence-corrected chi connectivity index (χ3v) is 8.50. The summed E-state index contributed by atoms with van der Waals surface area (Å²) in [6.07, 6.45) is 12.5. The normalized spacial score (nSPS) is 17.9. The van der Waals surface area contributed by atoms with Crippen molar-refractivity contribution in [3.8, 4) is 0 Å². The van der Waals surface area contributed by atoms with Crippen molar-refractivity contribution >= 4 is 29.5 Å². The molecular weight excluding hydrogens is 458 g/mol. The van der Waals surface area contributed by atoms with Crippen molar-refractivity contribution in [1.29, 1.82) is 0 Å². The molecule has 0 spiro atoms. The highest BCUT2D eigenvalue weighted by molar-refractivity contribution is 7.99. The molecule has 1 aromatic rings. The van der Waals surface area contributed by atoms with Crippen molar-refractivity contribution < 1.29 is 14.4 Å². The predicted octanol–water partition coefficient (Wildman–Crippen LogP) is 5.39. The van der Waals surface area contributed by atoms with Gasteiger partial charge in [0.2, 0.25) is 11.8 Å². The molecule has 0 radical (unpaired) electrons. The average molecular weight is 502 g/mol. The summed E-state index contributed by atoms with van der Waals surface area (Å²) in [5, 5.41) is 2.37. The number of piperidine rings is 1. The third-order valence-electron chi connectivity index (χ3n) is 7.31. The van der Waals surface area contributed by atoms with E-state index in [1.807, 2.05) is 23.9 Å². The van der Waals surface area contributed by atoms with Gasteiger partial charge in [-0.15, -0.1) is 11.8 Å². The third kappa shape index (κ3) is 8.07. The Balaban J connectivity index is 1.30. The first-order valence-corrected chi connectivity index (χ1v) is 14.6. The van der Waals surface area contributed by atoms with E-state index >= 15 is 0 Å². The highest BCUT2D eigenvalue weighted by atomic mass is 32.2.